The van der Waals surface area contributed by atoms with Crippen molar-refractivity contribution in [2.24, 2.45) is 11.8 Å². The van der Waals surface area contributed by atoms with E-state index in [2.05, 4.69) is 4.74 Å². The van der Waals surface area contributed by atoms with Gasteiger partial charge in [-0.05, 0) is 31.8 Å². The van der Waals surface area contributed by atoms with Crippen LogP contribution in [0, 0.1) is 11.8 Å². The number of aliphatic hydroxyl groups excluding tert-OH is 2. The number of allylic oxidation sites excluding steroid dienone is 2. The van der Waals surface area contributed by atoms with Crippen molar-refractivity contribution < 1.29 is 24.5 Å². The van der Waals surface area contributed by atoms with Crippen molar-refractivity contribution in [2.75, 3.05) is 7.11 Å². The minimum absolute atomic E-state index is 0.0769. The SMILES string of the molecule is COC(=O)/C=C(C)/C=C/[C@H]1[C@@H](CCC(C)=O)[C@H](O)C[C@@H]1O. The molecule has 0 aromatic rings. The molecule has 5 heteroatoms. The second-order valence-corrected chi connectivity index (χ2v) is 5.62. The molecule has 0 bridgehead atoms. The van der Waals surface area contributed by atoms with Crippen molar-refractivity contribution in [3.63, 3.8) is 0 Å². The van der Waals surface area contributed by atoms with Crippen molar-refractivity contribution in [3.8, 4) is 0 Å². The van der Waals surface area contributed by atoms with E-state index >= 15 is 0 Å². The topological polar surface area (TPSA) is 83.8 Å². The summed E-state index contributed by atoms with van der Waals surface area (Å²) in [5.41, 5.74) is 0.709. The highest BCUT2D eigenvalue weighted by Gasteiger charge is 2.39. The Morgan fingerprint density at radius 1 is 1.24 bits per heavy atom. The highest BCUT2D eigenvalue weighted by molar-refractivity contribution is 5.83. The van der Waals surface area contributed by atoms with Crippen LogP contribution in [0.3, 0.4) is 0 Å². The van der Waals surface area contributed by atoms with Crippen molar-refractivity contribution in [1.29, 1.82) is 0 Å². The largest absolute Gasteiger partial charge is 0.466 e. The molecule has 5 nitrogen and oxygen atoms in total. The van der Waals surface area contributed by atoms with Crippen LogP contribution < -0.4 is 0 Å². The van der Waals surface area contributed by atoms with Crippen LogP contribution in [-0.2, 0) is 14.3 Å². The van der Waals surface area contributed by atoms with Crippen LogP contribution in [0.2, 0.25) is 0 Å². The summed E-state index contributed by atoms with van der Waals surface area (Å²) in [7, 11) is 1.31. The number of methoxy groups -OCH3 is 1. The maximum atomic E-state index is 11.1. The van der Waals surface area contributed by atoms with Gasteiger partial charge in [0.05, 0.1) is 19.3 Å². The standard InChI is InChI=1S/C16H24O5/c1-10(8-16(20)21-3)4-6-12-13(7-5-11(2)17)15(19)9-14(12)18/h4,6,8,12-15,18-19H,5,7,9H2,1-3H3/b6-4+,10-8+/t12-,13+,14-,15+/m0/s1. The number of hydrogen-bond acceptors (Lipinski definition) is 5. The predicted molar refractivity (Wildman–Crippen MR) is 78.4 cm³/mol. The molecule has 0 heterocycles. The molecule has 0 unspecified atom stereocenters. The number of ketones is 1. The number of Topliss-reactive ketones (excluding diaryl/α,β-unsaturated/α-hetero) is 1. The quantitative estimate of drug-likeness (QED) is 0.439. The van der Waals surface area contributed by atoms with E-state index in [1.165, 1.54) is 20.1 Å². The van der Waals surface area contributed by atoms with Gasteiger partial charge in [0.2, 0.25) is 0 Å². The molecule has 0 spiro atoms. The van der Waals surface area contributed by atoms with Crippen LogP contribution in [0.4, 0.5) is 0 Å². The molecule has 4 atom stereocenters. The Kier molecular flexibility index (Phi) is 6.78. The van der Waals surface area contributed by atoms with Gasteiger partial charge in [0.15, 0.2) is 0 Å². The summed E-state index contributed by atoms with van der Waals surface area (Å²) >= 11 is 0. The summed E-state index contributed by atoms with van der Waals surface area (Å²) in [6, 6.07) is 0. The molecule has 1 rings (SSSR count). The maximum absolute atomic E-state index is 11.1. The summed E-state index contributed by atoms with van der Waals surface area (Å²) in [6.45, 7) is 3.28. The summed E-state index contributed by atoms with van der Waals surface area (Å²) in [4.78, 5) is 22.2. The van der Waals surface area contributed by atoms with Crippen molar-refractivity contribution >= 4 is 11.8 Å². The van der Waals surface area contributed by atoms with Crippen molar-refractivity contribution in [3.05, 3.63) is 23.8 Å². The van der Waals surface area contributed by atoms with Crippen LogP contribution in [0.15, 0.2) is 23.8 Å². The minimum atomic E-state index is -0.626. The van der Waals surface area contributed by atoms with Gasteiger partial charge < -0.3 is 19.7 Å². The molecule has 1 aliphatic carbocycles. The lowest BCUT2D eigenvalue weighted by atomic mass is 9.88. The van der Waals surface area contributed by atoms with E-state index in [9.17, 15) is 19.8 Å². The maximum Gasteiger partial charge on any atom is 0.330 e. The van der Waals surface area contributed by atoms with Crippen LogP contribution in [-0.4, -0.2) is 41.3 Å². The molecular formula is C16H24O5. The molecule has 21 heavy (non-hydrogen) atoms. The normalized spacial score (nSPS) is 29.9. The van der Waals surface area contributed by atoms with E-state index in [0.29, 0.717) is 24.8 Å². The lowest BCUT2D eigenvalue weighted by Crippen LogP contribution is -2.21. The summed E-state index contributed by atoms with van der Waals surface area (Å²) in [5, 5.41) is 20.0. The zero-order valence-electron chi connectivity index (χ0n) is 12.8. The molecule has 1 aliphatic rings. The lowest BCUT2D eigenvalue weighted by molar-refractivity contribution is -0.134. The van der Waals surface area contributed by atoms with Crippen molar-refractivity contribution in [2.45, 2.75) is 45.3 Å². The molecule has 0 aromatic carbocycles. The average Bonchev–Trinajstić information content (AvgIpc) is 2.67. The summed E-state index contributed by atoms with van der Waals surface area (Å²) in [6.07, 6.45) is 4.95. The lowest BCUT2D eigenvalue weighted by Gasteiger charge is -2.20. The molecule has 0 aliphatic heterocycles. The fraction of sp³-hybridized carbons (Fsp3) is 0.625. The predicted octanol–water partition coefficient (Wildman–Crippen LogP) is 1.39. The van der Waals surface area contributed by atoms with Crippen LogP contribution in [0.5, 0.6) is 0 Å². The number of rotatable bonds is 6. The highest BCUT2D eigenvalue weighted by atomic mass is 16.5. The average molecular weight is 296 g/mol. The number of carbonyl (C=O) groups is 2. The minimum Gasteiger partial charge on any atom is -0.466 e. The molecule has 2 N–H and O–H groups in total. The molecule has 0 radical (unpaired) electrons. The molecule has 118 valence electrons. The van der Waals surface area contributed by atoms with E-state index in [-0.39, 0.29) is 17.6 Å². The van der Waals surface area contributed by atoms with Crippen molar-refractivity contribution in [1.82, 2.24) is 0 Å². The van der Waals surface area contributed by atoms with E-state index in [0.717, 1.165) is 0 Å². The van der Waals surface area contributed by atoms with Gasteiger partial charge in [-0.1, -0.05) is 12.2 Å². The third kappa shape index (κ3) is 5.44. The Labute approximate surface area is 125 Å². The number of esters is 1. The Balaban J connectivity index is 2.75. The van der Waals surface area contributed by atoms with Crippen LogP contribution >= 0.6 is 0 Å². The van der Waals surface area contributed by atoms with Gasteiger partial charge in [0.1, 0.15) is 5.78 Å². The first kappa shape index (κ1) is 17.6. The number of aliphatic hydroxyl groups is 2. The van der Waals surface area contributed by atoms with E-state index in [4.69, 9.17) is 0 Å². The Hall–Kier alpha value is -1.46. The summed E-state index contributed by atoms with van der Waals surface area (Å²) in [5.74, 6) is -0.697. The van der Waals surface area contributed by atoms with Gasteiger partial charge in [-0.15, -0.1) is 0 Å². The number of carbonyl (C=O) groups excluding carboxylic acids is 2. The van der Waals surface area contributed by atoms with E-state index < -0.39 is 18.2 Å². The highest BCUT2D eigenvalue weighted by Crippen LogP contribution is 2.36. The third-order valence-electron chi connectivity index (χ3n) is 3.87. The van der Waals surface area contributed by atoms with Gasteiger partial charge in [0, 0.05) is 24.8 Å². The Bertz CT molecular complexity index is 438. The molecule has 0 aromatic heterocycles. The monoisotopic (exact) mass is 296 g/mol. The fourth-order valence-corrected chi connectivity index (χ4v) is 2.70. The first-order valence-corrected chi connectivity index (χ1v) is 7.15. The smallest absolute Gasteiger partial charge is 0.330 e. The number of hydrogen-bond donors (Lipinski definition) is 2. The fourth-order valence-electron chi connectivity index (χ4n) is 2.70. The second kappa shape index (κ2) is 8.10. The van der Waals surface area contributed by atoms with Crippen LogP contribution in [0.25, 0.3) is 0 Å². The first-order valence-electron chi connectivity index (χ1n) is 7.15. The van der Waals surface area contributed by atoms with E-state index in [1.807, 2.05) is 0 Å². The van der Waals surface area contributed by atoms with Gasteiger partial charge in [0.25, 0.3) is 0 Å². The van der Waals surface area contributed by atoms with Gasteiger partial charge in [-0.3, -0.25) is 0 Å². The van der Waals surface area contributed by atoms with Gasteiger partial charge >= 0.3 is 5.97 Å². The zero-order valence-corrected chi connectivity index (χ0v) is 12.8. The number of ether oxygens (including phenoxy) is 1. The van der Waals surface area contributed by atoms with Crippen LogP contribution in [0.1, 0.15) is 33.1 Å². The molecule has 0 amide bonds. The second-order valence-electron chi connectivity index (χ2n) is 5.62. The van der Waals surface area contributed by atoms with Gasteiger partial charge in [-0.2, -0.15) is 0 Å². The molecule has 0 saturated heterocycles. The molecule has 1 fully saturated rings. The van der Waals surface area contributed by atoms with E-state index in [1.54, 1.807) is 19.1 Å². The zero-order chi connectivity index (χ0) is 16.0. The third-order valence-corrected chi connectivity index (χ3v) is 3.87. The first-order chi connectivity index (χ1) is 9.85. The Morgan fingerprint density at radius 2 is 1.90 bits per heavy atom. The summed E-state index contributed by atoms with van der Waals surface area (Å²) < 4.78 is 4.54. The van der Waals surface area contributed by atoms with Gasteiger partial charge in [-0.25, -0.2) is 4.79 Å². The Morgan fingerprint density at radius 3 is 2.48 bits per heavy atom. The molecular weight excluding hydrogens is 272 g/mol. The molecule has 1 saturated carbocycles.